The van der Waals surface area contributed by atoms with Gasteiger partial charge in [0, 0.05) is 48.7 Å². The van der Waals surface area contributed by atoms with Gasteiger partial charge in [-0.15, -0.1) is 0 Å². The lowest BCUT2D eigenvalue weighted by Crippen LogP contribution is -2.23. The van der Waals surface area contributed by atoms with E-state index in [1.54, 1.807) is 35.7 Å². The highest BCUT2D eigenvalue weighted by atomic mass is 16.1. The largest absolute Gasteiger partial charge is 0.348 e. The van der Waals surface area contributed by atoms with Crippen LogP contribution in [0.1, 0.15) is 15.9 Å². The molecule has 1 amide bonds. The molecule has 0 saturated carbocycles. The minimum absolute atomic E-state index is 0.153. The van der Waals surface area contributed by atoms with E-state index >= 15 is 0 Å². The van der Waals surface area contributed by atoms with Crippen molar-refractivity contribution in [1.82, 2.24) is 29.6 Å². The summed E-state index contributed by atoms with van der Waals surface area (Å²) in [4.78, 5) is 21.0. The van der Waals surface area contributed by atoms with Crippen molar-refractivity contribution in [2.75, 3.05) is 0 Å². The third-order valence-corrected chi connectivity index (χ3v) is 3.93. The molecule has 3 heterocycles. The Morgan fingerprint density at radius 3 is 2.81 bits per heavy atom. The summed E-state index contributed by atoms with van der Waals surface area (Å²) in [5.74, 6) is 0.593. The van der Waals surface area contributed by atoms with Crippen LogP contribution in [0.3, 0.4) is 0 Å². The molecule has 3 aromatic heterocycles. The van der Waals surface area contributed by atoms with Gasteiger partial charge in [0.05, 0.1) is 5.69 Å². The Hall–Kier alpha value is -3.74. The number of pyridine rings is 1. The second-order valence-electron chi connectivity index (χ2n) is 5.64. The van der Waals surface area contributed by atoms with Gasteiger partial charge in [-0.3, -0.25) is 9.36 Å². The highest BCUT2D eigenvalue weighted by Crippen LogP contribution is 2.12. The van der Waals surface area contributed by atoms with Crippen LogP contribution in [0, 0.1) is 0 Å². The van der Waals surface area contributed by atoms with Gasteiger partial charge in [-0.25, -0.2) is 14.6 Å². The average molecular weight is 344 g/mol. The van der Waals surface area contributed by atoms with Gasteiger partial charge in [0.15, 0.2) is 0 Å². The number of carbonyl (C=O) groups excluding carboxylic acids is 1. The highest BCUT2D eigenvalue weighted by molar-refractivity contribution is 5.94. The van der Waals surface area contributed by atoms with E-state index in [0.29, 0.717) is 12.1 Å². The van der Waals surface area contributed by atoms with Gasteiger partial charge in [-0.1, -0.05) is 12.1 Å². The Bertz CT molecular complexity index is 1010. The first-order valence-electron chi connectivity index (χ1n) is 8.12. The van der Waals surface area contributed by atoms with Gasteiger partial charge in [0.25, 0.3) is 5.91 Å². The monoisotopic (exact) mass is 344 g/mol. The standard InChI is InChI=1S/C19H16N6O/c26-19(15-4-1-6-17(12-15)25-10-3-8-23-25)22-13-16-5-2-7-21-18(16)24-11-9-20-14-24/h1-12,14H,13H2,(H,22,26). The number of rotatable bonds is 5. The van der Waals surface area contributed by atoms with Crippen LogP contribution in [-0.2, 0) is 6.54 Å². The molecule has 7 nitrogen and oxygen atoms in total. The van der Waals surface area contributed by atoms with Crippen molar-refractivity contribution in [2.24, 2.45) is 0 Å². The van der Waals surface area contributed by atoms with Crippen LogP contribution in [0.15, 0.2) is 79.8 Å². The predicted octanol–water partition coefficient (Wildman–Crippen LogP) is 2.38. The van der Waals surface area contributed by atoms with Crippen LogP contribution < -0.4 is 5.32 Å². The molecule has 0 aliphatic rings. The molecule has 0 radical (unpaired) electrons. The molecule has 0 aliphatic heterocycles. The van der Waals surface area contributed by atoms with E-state index in [9.17, 15) is 4.79 Å². The normalized spacial score (nSPS) is 10.6. The molecule has 0 spiro atoms. The molecule has 0 unspecified atom stereocenters. The number of hydrogen-bond acceptors (Lipinski definition) is 4. The predicted molar refractivity (Wildman–Crippen MR) is 96.1 cm³/mol. The molecule has 4 rings (SSSR count). The van der Waals surface area contributed by atoms with Crippen LogP contribution in [0.4, 0.5) is 0 Å². The quantitative estimate of drug-likeness (QED) is 0.603. The molecular formula is C19H16N6O. The molecular weight excluding hydrogens is 328 g/mol. The zero-order valence-electron chi connectivity index (χ0n) is 13.9. The average Bonchev–Trinajstić information content (AvgIpc) is 3.40. The smallest absolute Gasteiger partial charge is 0.251 e. The summed E-state index contributed by atoms with van der Waals surface area (Å²) in [7, 11) is 0. The molecule has 1 aromatic carbocycles. The summed E-state index contributed by atoms with van der Waals surface area (Å²) in [6.45, 7) is 0.367. The Balaban J connectivity index is 1.51. The Morgan fingerprint density at radius 1 is 1.04 bits per heavy atom. The first kappa shape index (κ1) is 15.8. The lowest BCUT2D eigenvalue weighted by Gasteiger charge is -2.11. The van der Waals surface area contributed by atoms with Crippen molar-refractivity contribution < 1.29 is 4.79 Å². The summed E-state index contributed by atoms with van der Waals surface area (Å²) >= 11 is 0. The van der Waals surface area contributed by atoms with Crippen molar-refractivity contribution in [3.63, 3.8) is 0 Å². The maximum absolute atomic E-state index is 12.6. The van der Waals surface area contributed by atoms with Gasteiger partial charge >= 0.3 is 0 Å². The fraction of sp³-hybridized carbons (Fsp3) is 0.0526. The van der Waals surface area contributed by atoms with Gasteiger partial charge in [-0.05, 0) is 30.3 Å². The number of aromatic nitrogens is 5. The molecule has 4 aromatic rings. The number of amides is 1. The molecule has 0 fully saturated rings. The van der Waals surface area contributed by atoms with Crippen LogP contribution in [0.5, 0.6) is 0 Å². The van der Waals surface area contributed by atoms with Crippen LogP contribution in [-0.4, -0.2) is 30.2 Å². The molecule has 1 N–H and O–H groups in total. The van der Waals surface area contributed by atoms with E-state index < -0.39 is 0 Å². The minimum atomic E-state index is -0.153. The Labute approximate surface area is 150 Å². The number of nitrogens with one attached hydrogen (secondary N) is 1. The number of imidazole rings is 1. The van der Waals surface area contributed by atoms with Crippen LogP contribution in [0.2, 0.25) is 0 Å². The van der Waals surface area contributed by atoms with E-state index in [-0.39, 0.29) is 5.91 Å². The fourth-order valence-electron chi connectivity index (χ4n) is 2.67. The zero-order chi connectivity index (χ0) is 17.8. The number of hydrogen-bond donors (Lipinski definition) is 1. The third-order valence-electron chi connectivity index (χ3n) is 3.93. The van der Waals surface area contributed by atoms with E-state index in [1.165, 1.54) is 0 Å². The first-order chi connectivity index (χ1) is 12.8. The molecule has 128 valence electrons. The fourth-order valence-corrected chi connectivity index (χ4v) is 2.67. The minimum Gasteiger partial charge on any atom is -0.348 e. The summed E-state index contributed by atoms with van der Waals surface area (Å²) in [5.41, 5.74) is 2.32. The second kappa shape index (κ2) is 7.02. The highest BCUT2D eigenvalue weighted by Gasteiger charge is 2.10. The summed E-state index contributed by atoms with van der Waals surface area (Å²) in [5, 5.41) is 7.14. The van der Waals surface area contributed by atoms with Gasteiger partial charge in [0.2, 0.25) is 0 Å². The van der Waals surface area contributed by atoms with Gasteiger partial charge in [0.1, 0.15) is 12.1 Å². The SMILES string of the molecule is O=C(NCc1cccnc1-n1ccnc1)c1cccc(-n2cccn2)c1. The number of benzene rings is 1. The molecule has 26 heavy (non-hydrogen) atoms. The van der Waals surface area contributed by atoms with Gasteiger partial charge in [-0.2, -0.15) is 5.10 Å². The van der Waals surface area contributed by atoms with E-state index in [0.717, 1.165) is 17.1 Å². The molecule has 0 atom stereocenters. The van der Waals surface area contributed by atoms with Crippen LogP contribution in [0.25, 0.3) is 11.5 Å². The maximum Gasteiger partial charge on any atom is 0.251 e. The first-order valence-corrected chi connectivity index (χ1v) is 8.12. The molecule has 7 heteroatoms. The van der Waals surface area contributed by atoms with Crippen molar-refractivity contribution in [3.8, 4) is 11.5 Å². The van der Waals surface area contributed by atoms with E-state index in [1.807, 2.05) is 53.4 Å². The van der Waals surface area contributed by atoms with E-state index in [2.05, 4.69) is 20.4 Å². The Kier molecular flexibility index (Phi) is 4.26. The lowest BCUT2D eigenvalue weighted by molar-refractivity contribution is 0.0951. The van der Waals surface area contributed by atoms with Gasteiger partial charge < -0.3 is 5.32 Å². The van der Waals surface area contributed by atoms with Crippen molar-refractivity contribution in [2.45, 2.75) is 6.54 Å². The maximum atomic E-state index is 12.6. The topological polar surface area (TPSA) is 77.6 Å². The van der Waals surface area contributed by atoms with Crippen molar-refractivity contribution >= 4 is 5.91 Å². The lowest BCUT2D eigenvalue weighted by atomic mass is 10.1. The number of nitrogens with zero attached hydrogens (tertiary/aromatic N) is 5. The zero-order valence-corrected chi connectivity index (χ0v) is 13.9. The Morgan fingerprint density at radius 2 is 2.00 bits per heavy atom. The van der Waals surface area contributed by atoms with E-state index in [4.69, 9.17) is 0 Å². The molecule has 0 aliphatic carbocycles. The van der Waals surface area contributed by atoms with Crippen molar-refractivity contribution in [1.29, 1.82) is 0 Å². The molecule has 0 bridgehead atoms. The summed E-state index contributed by atoms with van der Waals surface area (Å²) in [6.07, 6.45) is 10.4. The summed E-state index contributed by atoms with van der Waals surface area (Å²) < 4.78 is 3.54. The third kappa shape index (κ3) is 3.23. The molecule has 0 saturated heterocycles. The van der Waals surface area contributed by atoms with Crippen molar-refractivity contribution in [3.05, 3.63) is 90.9 Å². The van der Waals surface area contributed by atoms with Crippen LogP contribution >= 0.6 is 0 Å². The second-order valence-corrected chi connectivity index (χ2v) is 5.64. The summed E-state index contributed by atoms with van der Waals surface area (Å²) in [6, 6.07) is 13.0. The number of carbonyl (C=O) groups is 1.